The maximum atomic E-state index is 12.1. The average molecular weight is 279 g/mol. The van der Waals surface area contributed by atoms with E-state index in [2.05, 4.69) is 17.6 Å². The molecule has 1 aromatic carbocycles. The van der Waals surface area contributed by atoms with E-state index in [1.165, 1.54) is 0 Å². The molecule has 1 atom stereocenters. The Bertz CT molecular complexity index is 423. The van der Waals surface area contributed by atoms with Crippen molar-refractivity contribution in [2.75, 3.05) is 39.2 Å². The van der Waals surface area contributed by atoms with E-state index >= 15 is 0 Å². The SMILES string of the molecule is CCN(CCOC)C(=O)Nc1cccc(C(C)NC)c1. The number of carbonyl (C=O) groups is 1. The fourth-order valence-corrected chi connectivity index (χ4v) is 1.86. The van der Waals surface area contributed by atoms with Gasteiger partial charge in [0, 0.05) is 31.9 Å². The van der Waals surface area contributed by atoms with Crippen molar-refractivity contribution in [3.8, 4) is 0 Å². The van der Waals surface area contributed by atoms with Gasteiger partial charge in [-0.25, -0.2) is 4.79 Å². The Balaban J connectivity index is 2.69. The molecule has 0 fully saturated rings. The van der Waals surface area contributed by atoms with E-state index in [9.17, 15) is 4.79 Å². The summed E-state index contributed by atoms with van der Waals surface area (Å²) in [6.07, 6.45) is 0. The van der Waals surface area contributed by atoms with Gasteiger partial charge in [-0.1, -0.05) is 12.1 Å². The summed E-state index contributed by atoms with van der Waals surface area (Å²) < 4.78 is 5.01. The number of carbonyl (C=O) groups excluding carboxylic acids is 1. The number of rotatable bonds is 7. The van der Waals surface area contributed by atoms with E-state index in [0.717, 1.165) is 11.3 Å². The molecule has 1 unspecified atom stereocenters. The zero-order chi connectivity index (χ0) is 15.0. The molecular formula is C15H25N3O2. The van der Waals surface area contributed by atoms with Gasteiger partial charge in [-0.05, 0) is 38.6 Å². The van der Waals surface area contributed by atoms with Crippen LogP contribution in [0.3, 0.4) is 0 Å². The Morgan fingerprint density at radius 1 is 1.45 bits per heavy atom. The average Bonchev–Trinajstić information content (AvgIpc) is 2.47. The van der Waals surface area contributed by atoms with Crippen LogP contribution in [0.25, 0.3) is 0 Å². The maximum Gasteiger partial charge on any atom is 0.321 e. The first-order valence-corrected chi connectivity index (χ1v) is 6.94. The molecule has 0 aliphatic heterocycles. The third-order valence-electron chi connectivity index (χ3n) is 3.31. The normalized spacial score (nSPS) is 12.0. The van der Waals surface area contributed by atoms with E-state index in [4.69, 9.17) is 4.74 Å². The van der Waals surface area contributed by atoms with Gasteiger partial charge < -0.3 is 20.3 Å². The smallest absolute Gasteiger partial charge is 0.321 e. The quantitative estimate of drug-likeness (QED) is 0.806. The summed E-state index contributed by atoms with van der Waals surface area (Å²) in [7, 11) is 3.55. The van der Waals surface area contributed by atoms with E-state index in [-0.39, 0.29) is 12.1 Å². The topological polar surface area (TPSA) is 53.6 Å². The number of nitrogens with zero attached hydrogens (tertiary/aromatic N) is 1. The van der Waals surface area contributed by atoms with Crippen molar-refractivity contribution >= 4 is 11.7 Å². The minimum Gasteiger partial charge on any atom is -0.383 e. The Morgan fingerprint density at radius 2 is 2.20 bits per heavy atom. The molecule has 1 rings (SSSR count). The number of methoxy groups -OCH3 is 1. The molecule has 2 N–H and O–H groups in total. The monoisotopic (exact) mass is 279 g/mol. The molecule has 0 saturated carbocycles. The molecule has 5 heteroatoms. The first-order valence-electron chi connectivity index (χ1n) is 6.94. The number of ether oxygens (including phenoxy) is 1. The summed E-state index contributed by atoms with van der Waals surface area (Å²) in [6.45, 7) is 5.82. The van der Waals surface area contributed by atoms with Gasteiger partial charge in [0.1, 0.15) is 0 Å². The van der Waals surface area contributed by atoms with E-state index < -0.39 is 0 Å². The van der Waals surface area contributed by atoms with E-state index in [1.807, 2.05) is 38.2 Å². The molecule has 0 aromatic heterocycles. The molecule has 0 radical (unpaired) electrons. The van der Waals surface area contributed by atoms with Crippen molar-refractivity contribution in [3.63, 3.8) is 0 Å². The first-order chi connectivity index (χ1) is 9.62. The highest BCUT2D eigenvalue weighted by atomic mass is 16.5. The number of anilines is 1. The molecular weight excluding hydrogens is 254 g/mol. The van der Waals surface area contributed by atoms with Gasteiger partial charge in [0.2, 0.25) is 0 Å². The largest absolute Gasteiger partial charge is 0.383 e. The number of likely N-dealkylation sites (N-methyl/N-ethyl adjacent to an activating group) is 1. The van der Waals surface area contributed by atoms with Gasteiger partial charge >= 0.3 is 6.03 Å². The summed E-state index contributed by atoms with van der Waals surface area (Å²) in [4.78, 5) is 13.9. The van der Waals surface area contributed by atoms with Gasteiger partial charge in [0.25, 0.3) is 0 Å². The standard InChI is InChI=1S/C15H25N3O2/c1-5-18(9-10-20-4)15(19)17-14-8-6-7-13(11-14)12(2)16-3/h6-8,11-12,16H,5,9-10H2,1-4H3,(H,17,19). The number of hydrogen-bond acceptors (Lipinski definition) is 3. The molecule has 0 bridgehead atoms. The van der Waals surface area contributed by atoms with E-state index in [1.54, 1.807) is 12.0 Å². The zero-order valence-corrected chi connectivity index (χ0v) is 12.8. The summed E-state index contributed by atoms with van der Waals surface area (Å²) in [5, 5.41) is 6.11. The Labute approximate surface area is 121 Å². The second kappa shape index (κ2) is 8.55. The predicted molar refractivity (Wildman–Crippen MR) is 82.1 cm³/mol. The molecule has 0 saturated heterocycles. The summed E-state index contributed by atoms with van der Waals surface area (Å²) in [5.41, 5.74) is 1.95. The number of hydrogen-bond donors (Lipinski definition) is 2. The van der Waals surface area contributed by atoms with Gasteiger partial charge in [-0.3, -0.25) is 0 Å². The predicted octanol–water partition coefficient (Wildman–Crippen LogP) is 2.47. The highest BCUT2D eigenvalue weighted by molar-refractivity contribution is 5.89. The summed E-state index contributed by atoms with van der Waals surface area (Å²) in [5.74, 6) is 0. The van der Waals surface area contributed by atoms with Gasteiger partial charge in [0.05, 0.1) is 6.61 Å². The van der Waals surface area contributed by atoms with Gasteiger partial charge in [-0.2, -0.15) is 0 Å². The van der Waals surface area contributed by atoms with Crippen LogP contribution in [0.2, 0.25) is 0 Å². The lowest BCUT2D eigenvalue weighted by Gasteiger charge is -2.21. The van der Waals surface area contributed by atoms with Crippen molar-refractivity contribution in [3.05, 3.63) is 29.8 Å². The van der Waals surface area contributed by atoms with Crippen LogP contribution < -0.4 is 10.6 Å². The molecule has 112 valence electrons. The zero-order valence-electron chi connectivity index (χ0n) is 12.8. The second-order valence-electron chi connectivity index (χ2n) is 4.64. The van der Waals surface area contributed by atoms with Crippen molar-refractivity contribution in [2.24, 2.45) is 0 Å². The number of amides is 2. The van der Waals surface area contributed by atoms with Crippen molar-refractivity contribution in [1.29, 1.82) is 0 Å². The molecule has 1 aromatic rings. The van der Waals surface area contributed by atoms with Crippen LogP contribution >= 0.6 is 0 Å². The lowest BCUT2D eigenvalue weighted by atomic mass is 10.1. The fraction of sp³-hybridized carbons (Fsp3) is 0.533. The van der Waals surface area contributed by atoms with Gasteiger partial charge in [0.15, 0.2) is 0 Å². The third-order valence-corrected chi connectivity index (χ3v) is 3.31. The highest BCUT2D eigenvalue weighted by Crippen LogP contribution is 2.17. The van der Waals surface area contributed by atoms with Crippen molar-refractivity contribution in [2.45, 2.75) is 19.9 Å². The van der Waals surface area contributed by atoms with Crippen LogP contribution in [0.4, 0.5) is 10.5 Å². The number of urea groups is 1. The van der Waals surface area contributed by atoms with Crippen LogP contribution in [-0.2, 0) is 4.74 Å². The van der Waals surface area contributed by atoms with Crippen LogP contribution in [0.15, 0.2) is 24.3 Å². The van der Waals surface area contributed by atoms with Crippen molar-refractivity contribution in [1.82, 2.24) is 10.2 Å². The summed E-state index contributed by atoms with van der Waals surface area (Å²) in [6, 6.07) is 8.03. The maximum absolute atomic E-state index is 12.1. The summed E-state index contributed by atoms with van der Waals surface area (Å²) >= 11 is 0. The molecule has 20 heavy (non-hydrogen) atoms. The fourth-order valence-electron chi connectivity index (χ4n) is 1.86. The highest BCUT2D eigenvalue weighted by Gasteiger charge is 2.12. The molecule has 5 nitrogen and oxygen atoms in total. The lowest BCUT2D eigenvalue weighted by Crippen LogP contribution is -2.37. The number of nitrogens with one attached hydrogen (secondary N) is 2. The third kappa shape index (κ3) is 4.83. The minimum absolute atomic E-state index is 0.0983. The van der Waals surface area contributed by atoms with Gasteiger partial charge in [-0.15, -0.1) is 0 Å². The molecule has 0 heterocycles. The molecule has 0 spiro atoms. The van der Waals surface area contributed by atoms with Crippen LogP contribution in [0.5, 0.6) is 0 Å². The lowest BCUT2D eigenvalue weighted by molar-refractivity contribution is 0.157. The van der Waals surface area contributed by atoms with Crippen LogP contribution in [-0.4, -0.2) is 44.8 Å². The minimum atomic E-state index is -0.0983. The molecule has 0 aliphatic rings. The van der Waals surface area contributed by atoms with E-state index in [0.29, 0.717) is 19.7 Å². The Hall–Kier alpha value is -1.59. The molecule has 2 amide bonds. The first kappa shape index (κ1) is 16.5. The molecule has 0 aliphatic carbocycles. The number of benzene rings is 1. The van der Waals surface area contributed by atoms with Crippen LogP contribution in [0.1, 0.15) is 25.5 Å². The second-order valence-corrected chi connectivity index (χ2v) is 4.64. The Kier molecular flexibility index (Phi) is 7.04. The Morgan fingerprint density at radius 3 is 2.80 bits per heavy atom. The van der Waals surface area contributed by atoms with Crippen LogP contribution in [0, 0.1) is 0 Å². The van der Waals surface area contributed by atoms with Crippen molar-refractivity contribution < 1.29 is 9.53 Å².